The molecule has 4 heterocycles. The Hall–Kier alpha value is -6.67. The molecule has 0 saturated heterocycles. The third-order valence-electron chi connectivity index (χ3n) is 7.18. The Labute approximate surface area is 277 Å². The van der Waals surface area contributed by atoms with Crippen LogP contribution in [-0.2, 0) is 4.79 Å². The Morgan fingerprint density at radius 3 is 2.35 bits per heavy atom. The summed E-state index contributed by atoms with van der Waals surface area (Å²) in [5, 5.41) is 36.1. The van der Waals surface area contributed by atoms with E-state index in [1.807, 2.05) is 30.3 Å². The molecule has 1 aliphatic carbocycles. The molecule has 0 spiro atoms. The number of phenols is 1. The fourth-order valence-electron chi connectivity index (χ4n) is 4.96. The molecular formula is C34H23N9O4S. The maximum absolute atomic E-state index is 12.6. The number of hydrogen-bond acceptors (Lipinski definition) is 11. The number of thiocarbonyl (C=S) groups is 1. The fraction of sp³-hybridized carbons (Fsp3) is 0.0294. The van der Waals surface area contributed by atoms with Gasteiger partial charge in [0.05, 0.1) is 6.54 Å². The van der Waals surface area contributed by atoms with Crippen LogP contribution in [0.4, 0.5) is 11.5 Å². The van der Waals surface area contributed by atoms with Crippen LogP contribution in [0.1, 0.15) is 0 Å². The number of anilines is 2. The van der Waals surface area contributed by atoms with Crippen molar-refractivity contribution in [2.45, 2.75) is 0 Å². The molecule has 0 fully saturated rings. The Morgan fingerprint density at radius 1 is 0.812 bits per heavy atom. The average Bonchev–Trinajstić information content (AvgIpc) is 3.11. The molecule has 1 amide bonds. The highest BCUT2D eigenvalue weighted by atomic mass is 32.1. The van der Waals surface area contributed by atoms with E-state index in [9.17, 15) is 14.7 Å². The summed E-state index contributed by atoms with van der Waals surface area (Å²) in [6, 6.07) is 25.7. The van der Waals surface area contributed by atoms with E-state index < -0.39 is 0 Å². The monoisotopic (exact) mass is 653 g/mol. The van der Waals surface area contributed by atoms with Crippen molar-refractivity contribution in [2.75, 3.05) is 17.2 Å². The van der Waals surface area contributed by atoms with Crippen LogP contribution < -0.4 is 21.4 Å². The summed E-state index contributed by atoms with van der Waals surface area (Å²) in [6.45, 7) is -0.0979. The van der Waals surface area contributed by atoms with E-state index in [0.29, 0.717) is 39.9 Å². The normalized spacial score (nSPS) is 10.9. The van der Waals surface area contributed by atoms with E-state index in [2.05, 4.69) is 46.3 Å². The lowest BCUT2D eigenvalue weighted by atomic mass is 9.93. The quantitative estimate of drug-likeness (QED) is 0.135. The van der Waals surface area contributed by atoms with Gasteiger partial charge in [-0.1, -0.05) is 18.2 Å². The van der Waals surface area contributed by atoms with E-state index >= 15 is 0 Å². The zero-order valence-corrected chi connectivity index (χ0v) is 25.6. The molecule has 48 heavy (non-hydrogen) atoms. The van der Waals surface area contributed by atoms with E-state index in [1.165, 1.54) is 24.4 Å². The molecule has 0 atom stereocenters. The van der Waals surface area contributed by atoms with E-state index in [1.54, 1.807) is 48.7 Å². The van der Waals surface area contributed by atoms with Crippen LogP contribution in [0.5, 0.6) is 5.75 Å². The van der Waals surface area contributed by atoms with Gasteiger partial charge in [-0.05, 0) is 78.4 Å². The van der Waals surface area contributed by atoms with Crippen molar-refractivity contribution in [3.63, 3.8) is 0 Å². The second-order valence-electron chi connectivity index (χ2n) is 10.4. The number of aromatic nitrogens is 6. The van der Waals surface area contributed by atoms with Crippen LogP contribution in [0.15, 0.2) is 113 Å². The number of pyridine rings is 2. The van der Waals surface area contributed by atoms with Gasteiger partial charge in [0.25, 0.3) is 0 Å². The minimum Gasteiger partial charge on any atom is -0.508 e. The molecule has 5 aromatic rings. The number of carbonyl (C=O) groups excluding carboxylic acids is 1. The van der Waals surface area contributed by atoms with E-state index in [-0.39, 0.29) is 34.6 Å². The number of aromatic hydroxyl groups is 1. The molecule has 0 unspecified atom stereocenters. The average molecular weight is 654 g/mol. The molecule has 4 N–H and O–H groups in total. The first-order chi connectivity index (χ1) is 23.4. The first-order valence-electron chi connectivity index (χ1n) is 14.5. The Balaban J connectivity index is 0.956. The Morgan fingerprint density at radius 2 is 1.60 bits per heavy atom. The minimum atomic E-state index is -0.352. The number of nitrogens with one attached hydrogen (secondary N) is 3. The van der Waals surface area contributed by atoms with Gasteiger partial charge in [0.15, 0.2) is 10.5 Å². The number of benzene rings is 3. The predicted molar refractivity (Wildman–Crippen MR) is 183 cm³/mol. The van der Waals surface area contributed by atoms with Crippen molar-refractivity contribution < 1.29 is 14.3 Å². The predicted octanol–water partition coefficient (Wildman–Crippen LogP) is 4.90. The molecule has 13 nitrogen and oxygen atoms in total. The molecule has 1 aliphatic heterocycles. The van der Waals surface area contributed by atoms with Crippen LogP contribution in [-0.4, -0.2) is 53.0 Å². The molecule has 0 saturated carbocycles. The zero-order valence-electron chi connectivity index (χ0n) is 24.8. The van der Waals surface area contributed by atoms with Gasteiger partial charge in [-0.25, -0.2) is 4.98 Å². The Kier molecular flexibility index (Phi) is 8.11. The van der Waals surface area contributed by atoms with Crippen LogP contribution >= 0.6 is 12.2 Å². The molecule has 0 radical (unpaired) electrons. The van der Waals surface area contributed by atoms with Crippen molar-refractivity contribution in [3.8, 4) is 51.1 Å². The lowest BCUT2D eigenvalue weighted by Gasteiger charge is -2.16. The summed E-state index contributed by atoms with van der Waals surface area (Å²) in [6.07, 6.45) is 3.15. The summed E-state index contributed by atoms with van der Waals surface area (Å²) in [4.78, 5) is 33.0. The van der Waals surface area contributed by atoms with Crippen LogP contribution in [0, 0.1) is 0 Å². The summed E-state index contributed by atoms with van der Waals surface area (Å²) in [7, 11) is 0. The molecule has 0 bridgehead atoms. The van der Waals surface area contributed by atoms with Gasteiger partial charge >= 0.3 is 0 Å². The second-order valence-corrected chi connectivity index (χ2v) is 10.9. The van der Waals surface area contributed by atoms with Crippen LogP contribution in [0.2, 0.25) is 0 Å². The lowest BCUT2D eigenvalue weighted by Crippen LogP contribution is -2.35. The summed E-state index contributed by atoms with van der Waals surface area (Å²) >= 11 is 5.39. The zero-order chi connectivity index (χ0) is 33.0. The molecule has 3 aromatic heterocycles. The largest absolute Gasteiger partial charge is 0.508 e. The summed E-state index contributed by atoms with van der Waals surface area (Å²) < 4.78 is 5.92. The third-order valence-corrected chi connectivity index (χ3v) is 7.43. The van der Waals surface area contributed by atoms with Gasteiger partial charge in [0.1, 0.15) is 28.6 Å². The number of nitrogens with zero attached hydrogens (tertiary/aromatic N) is 6. The first-order valence-corrected chi connectivity index (χ1v) is 14.9. The maximum Gasteiger partial charge on any atom is 0.244 e. The second kappa shape index (κ2) is 13.0. The first kappa shape index (κ1) is 30.0. The van der Waals surface area contributed by atoms with Gasteiger partial charge in [-0.3, -0.25) is 14.6 Å². The topological polar surface area (TPSA) is 181 Å². The third kappa shape index (κ3) is 6.49. The number of carbonyl (C=O) groups is 1. The number of amides is 1. The molecule has 7 rings (SSSR count). The standard InChI is InChI=1S/C34H23N9O4S/c44-22-9-11-24-27(15-22)47-28-16-23(45)10-12-25(28)31(24)19-4-7-21(8-5-19)38-34(48)37-18-30(46)39-29-13-6-20(17-36-29)32-40-42-33(43-41-32)26-3-1-2-14-35-26/h1-17,44H,18H2,(H,36,39,46)(H2,37,38,48). The lowest BCUT2D eigenvalue weighted by molar-refractivity contribution is -0.115. The Bertz CT molecular complexity index is 2300. The van der Waals surface area contributed by atoms with Crippen LogP contribution in [0.25, 0.3) is 56.3 Å². The number of hydrogen-bond donors (Lipinski definition) is 4. The van der Waals surface area contributed by atoms with Gasteiger partial charge in [-0.15, -0.1) is 20.4 Å². The van der Waals surface area contributed by atoms with E-state index in [4.69, 9.17) is 16.6 Å². The van der Waals surface area contributed by atoms with Gasteiger partial charge < -0.3 is 25.5 Å². The maximum atomic E-state index is 12.6. The van der Waals surface area contributed by atoms with Crippen molar-refractivity contribution >= 4 is 45.7 Å². The number of phenolic OH excluding ortho intramolecular Hbond substituents is 1. The molecule has 2 aromatic carbocycles. The summed E-state index contributed by atoms with van der Waals surface area (Å²) in [5.41, 5.74) is 4.60. The van der Waals surface area contributed by atoms with Crippen molar-refractivity contribution in [3.05, 3.63) is 114 Å². The van der Waals surface area contributed by atoms with Gasteiger partial charge in [-0.2, -0.15) is 0 Å². The highest BCUT2D eigenvalue weighted by Gasteiger charge is 2.18. The summed E-state index contributed by atoms with van der Waals surface area (Å²) in [5.74, 6) is 1.05. The molecule has 14 heteroatoms. The number of rotatable bonds is 7. The SMILES string of the molecule is O=C(CNC(=S)Nc1ccc(-c2c3ccc(=O)cc-3oc3cc(O)ccc23)cc1)Nc1ccc(-c2nnc(-c3ccccn3)nn2)cn1. The highest BCUT2D eigenvalue weighted by molar-refractivity contribution is 7.80. The van der Waals surface area contributed by atoms with Crippen molar-refractivity contribution in [2.24, 2.45) is 0 Å². The molecule has 234 valence electrons. The minimum absolute atomic E-state index is 0.0585. The smallest absolute Gasteiger partial charge is 0.244 e. The van der Waals surface area contributed by atoms with Crippen LogP contribution in [0.3, 0.4) is 0 Å². The highest BCUT2D eigenvalue weighted by Crippen LogP contribution is 2.40. The molecule has 2 aliphatic rings. The van der Waals surface area contributed by atoms with Crippen molar-refractivity contribution in [1.29, 1.82) is 0 Å². The fourth-order valence-corrected chi connectivity index (χ4v) is 5.15. The van der Waals surface area contributed by atoms with Crippen molar-refractivity contribution in [1.82, 2.24) is 35.7 Å². The number of fused-ring (bicyclic) bond motifs is 2. The molecular weight excluding hydrogens is 630 g/mol. The van der Waals surface area contributed by atoms with Gasteiger partial charge in [0.2, 0.25) is 17.6 Å². The van der Waals surface area contributed by atoms with E-state index in [0.717, 1.165) is 22.1 Å². The van der Waals surface area contributed by atoms with Gasteiger partial charge in [0, 0.05) is 52.3 Å².